The summed E-state index contributed by atoms with van der Waals surface area (Å²) in [6.07, 6.45) is 1.88. The van der Waals surface area contributed by atoms with Gasteiger partial charge in [0.05, 0.1) is 16.1 Å². The molecule has 0 bridgehead atoms. The molecule has 0 spiro atoms. The number of carbonyl (C=O) groups excluding carboxylic acids is 1. The summed E-state index contributed by atoms with van der Waals surface area (Å²) in [6.45, 7) is 0. The van der Waals surface area contributed by atoms with Crippen molar-refractivity contribution in [3.05, 3.63) is 28.2 Å². The normalized spacial score (nSPS) is 16.6. The highest BCUT2D eigenvalue weighted by molar-refractivity contribution is 6.42. The minimum Gasteiger partial charge on any atom is -0.409 e. The van der Waals surface area contributed by atoms with Crippen LogP contribution in [0.3, 0.4) is 0 Å². The van der Waals surface area contributed by atoms with Crippen LogP contribution in [0, 0.1) is 5.92 Å². The molecule has 1 fully saturated rings. The van der Waals surface area contributed by atoms with Crippen molar-refractivity contribution >= 4 is 40.8 Å². The third kappa shape index (κ3) is 3.68. The van der Waals surface area contributed by atoms with Crippen molar-refractivity contribution in [3.63, 3.8) is 0 Å². The van der Waals surface area contributed by atoms with Crippen molar-refractivity contribution in [3.8, 4) is 0 Å². The highest BCUT2D eigenvalue weighted by Crippen LogP contribution is 2.32. The Kier molecular flexibility index (Phi) is 4.57. The molecule has 2 rings (SSSR count). The molecule has 0 aromatic heterocycles. The molecule has 1 aromatic rings. The molecule has 1 aliphatic carbocycles. The first kappa shape index (κ1) is 14.7. The maximum Gasteiger partial charge on any atom is 0.319 e. The first-order chi connectivity index (χ1) is 9.51. The van der Waals surface area contributed by atoms with Crippen LogP contribution in [-0.4, -0.2) is 23.1 Å². The Hall–Kier alpha value is -1.66. The van der Waals surface area contributed by atoms with Gasteiger partial charge in [-0.3, -0.25) is 0 Å². The van der Waals surface area contributed by atoms with Gasteiger partial charge in [0.25, 0.3) is 0 Å². The summed E-state index contributed by atoms with van der Waals surface area (Å²) in [4.78, 5) is 11.9. The van der Waals surface area contributed by atoms with Crippen molar-refractivity contribution in [2.45, 2.75) is 18.9 Å². The van der Waals surface area contributed by atoms with Crippen LogP contribution in [0.2, 0.25) is 10.0 Å². The van der Waals surface area contributed by atoms with Gasteiger partial charge in [-0.15, -0.1) is 0 Å². The number of benzene rings is 1. The van der Waals surface area contributed by atoms with Gasteiger partial charge in [0.1, 0.15) is 0 Å². The van der Waals surface area contributed by atoms with E-state index in [2.05, 4.69) is 15.8 Å². The summed E-state index contributed by atoms with van der Waals surface area (Å²) in [5.41, 5.74) is 6.07. The standard InChI is InChI=1S/C12H14Cl2N4O2/c13-8-4-3-7(5-9(8)14)16-12(19)17-10(6-1-2-6)11(15)18-20/h3-6,10,20H,1-2H2,(H2,15,18)(H2,16,17,19). The van der Waals surface area contributed by atoms with Crippen molar-refractivity contribution in [1.82, 2.24) is 5.32 Å². The van der Waals surface area contributed by atoms with Crippen LogP contribution < -0.4 is 16.4 Å². The van der Waals surface area contributed by atoms with E-state index in [4.69, 9.17) is 34.1 Å². The number of rotatable bonds is 4. The molecule has 6 nitrogen and oxygen atoms in total. The Morgan fingerprint density at radius 3 is 2.65 bits per heavy atom. The summed E-state index contributed by atoms with van der Waals surface area (Å²) in [5, 5.41) is 17.7. The number of anilines is 1. The third-order valence-electron chi connectivity index (χ3n) is 2.99. The maximum absolute atomic E-state index is 11.9. The average Bonchev–Trinajstić information content (AvgIpc) is 3.24. The van der Waals surface area contributed by atoms with Gasteiger partial charge in [-0.25, -0.2) is 4.79 Å². The predicted molar refractivity (Wildman–Crippen MR) is 78.5 cm³/mol. The fourth-order valence-corrected chi connectivity index (χ4v) is 2.11. The summed E-state index contributed by atoms with van der Waals surface area (Å²) >= 11 is 11.7. The lowest BCUT2D eigenvalue weighted by Crippen LogP contribution is -2.47. The Morgan fingerprint density at radius 1 is 1.40 bits per heavy atom. The van der Waals surface area contributed by atoms with Crippen LogP contribution in [0.4, 0.5) is 10.5 Å². The Labute approximate surface area is 125 Å². The van der Waals surface area contributed by atoms with Gasteiger partial charge in [-0.1, -0.05) is 28.4 Å². The molecular weight excluding hydrogens is 303 g/mol. The Balaban J connectivity index is 1.98. The molecule has 0 aliphatic heterocycles. The van der Waals surface area contributed by atoms with E-state index in [1.807, 2.05) is 0 Å². The smallest absolute Gasteiger partial charge is 0.319 e. The van der Waals surface area contributed by atoms with Crippen LogP contribution in [0.1, 0.15) is 12.8 Å². The Bertz CT molecular complexity index is 546. The number of oxime groups is 1. The van der Waals surface area contributed by atoms with Gasteiger partial charge in [0, 0.05) is 5.69 Å². The number of halogens is 2. The quantitative estimate of drug-likeness (QED) is 0.297. The van der Waals surface area contributed by atoms with Crippen LogP contribution in [0.25, 0.3) is 0 Å². The van der Waals surface area contributed by atoms with Crippen molar-refractivity contribution in [2.75, 3.05) is 5.32 Å². The molecule has 1 aromatic carbocycles. The lowest BCUT2D eigenvalue weighted by molar-refractivity contribution is 0.249. The second kappa shape index (κ2) is 6.19. The van der Waals surface area contributed by atoms with Gasteiger partial charge in [0.15, 0.2) is 5.84 Å². The lowest BCUT2D eigenvalue weighted by atomic mass is 10.2. The van der Waals surface area contributed by atoms with E-state index in [0.29, 0.717) is 15.7 Å². The highest BCUT2D eigenvalue weighted by Gasteiger charge is 2.35. The van der Waals surface area contributed by atoms with E-state index < -0.39 is 12.1 Å². The van der Waals surface area contributed by atoms with Crippen molar-refractivity contribution in [2.24, 2.45) is 16.8 Å². The summed E-state index contributed by atoms with van der Waals surface area (Å²) in [5.74, 6) is 0.210. The van der Waals surface area contributed by atoms with Crippen LogP contribution in [0.15, 0.2) is 23.4 Å². The lowest BCUT2D eigenvalue weighted by Gasteiger charge is -2.17. The monoisotopic (exact) mass is 316 g/mol. The second-order valence-corrected chi connectivity index (χ2v) is 5.38. The number of urea groups is 1. The zero-order valence-electron chi connectivity index (χ0n) is 10.4. The van der Waals surface area contributed by atoms with Gasteiger partial charge in [0.2, 0.25) is 0 Å². The fourth-order valence-electron chi connectivity index (χ4n) is 1.81. The van der Waals surface area contributed by atoms with Gasteiger partial charge in [-0.2, -0.15) is 0 Å². The largest absolute Gasteiger partial charge is 0.409 e. The molecule has 0 heterocycles. The van der Waals surface area contributed by atoms with Crippen LogP contribution in [-0.2, 0) is 0 Å². The molecule has 8 heteroatoms. The molecule has 0 radical (unpaired) electrons. The van der Waals surface area contributed by atoms with Gasteiger partial charge < -0.3 is 21.6 Å². The third-order valence-corrected chi connectivity index (χ3v) is 3.73. The molecule has 0 saturated heterocycles. The topological polar surface area (TPSA) is 99.7 Å². The number of hydrogen-bond acceptors (Lipinski definition) is 3. The number of nitrogens with two attached hydrogens (primary N) is 1. The minimum absolute atomic E-state index is 0.00297. The predicted octanol–water partition coefficient (Wildman–Crippen LogP) is 2.64. The van der Waals surface area contributed by atoms with Crippen molar-refractivity contribution < 1.29 is 10.0 Å². The molecule has 2 amide bonds. The first-order valence-electron chi connectivity index (χ1n) is 6.01. The molecule has 5 N–H and O–H groups in total. The van der Waals surface area contributed by atoms with Gasteiger partial charge in [-0.05, 0) is 37.0 Å². The molecule has 1 saturated carbocycles. The number of amides is 2. The molecule has 1 atom stereocenters. The SMILES string of the molecule is NC(=NO)C(NC(=O)Nc1ccc(Cl)c(Cl)c1)C1CC1. The van der Waals surface area contributed by atoms with E-state index in [0.717, 1.165) is 12.8 Å². The molecule has 108 valence electrons. The van der Waals surface area contributed by atoms with E-state index in [1.165, 1.54) is 0 Å². The van der Waals surface area contributed by atoms with E-state index >= 15 is 0 Å². The number of nitrogens with zero attached hydrogens (tertiary/aromatic N) is 1. The second-order valence-electron chi connectivity index (χ2n) is 4.57. The van der Waals surface area contributed by atoms with E-state index in [9.17, 15) is 4.79 Å². The summed E-state index contributed by atoms with van der Waals surface area (Å²) in [6, 6.07) is 3.83. The number of nitrogens with one attached hydrogen (secondary N) is 2. The Morgan fingerprint density at radius 2 is 2.10 bits per heavy atom. The summed E-state index contributed by atoms with van der Waals surface area (Å²) < 4.78 is 0. The van der Waals surface area contributed by atoms with Crippen LogP contribution in [0.5, 0.6) is 0 Å². The highest BCUT2D eigenvalue weighted by atomic mass is 35.5. The maximum atomic E-state index is 11.9. The molecule has 20 heavy (non-hydrogen) atoms. The number of carbonyl (C=O) groups is 1. The molecule has 1 aliphatic rings. The van der Waals surface area contributed by atoms with Gasteiger partial charge >= 0.3 is 6.03 Å². The zero-order chi connectivity index (χ0) is 14.7. The van der Waals surface area contributed by atoms with Crippen molar-refractivity contribution in [1.29, 1.82) is 0 Å². The van der Waals surface area contributed by atoms with E-state index in [1.54, 1.807) is 18.2 Å². The van der Waals surface area contributed by atoms with Crippen LogP contribution >= 0.6 is 23.2 Å². The molecular formula is C12H14Cl2N4O2. The average molecular weight is 317 g/mol. The molecule has 1 unspecified atom stereocenters. The fraction of sp³-hybridized carbons (Fsp3) is 0.333. The van der Waals surface area contributed by atoms with E-state index in [-0.39, 0.29) is 11.8 Å². The minimum atomic E-state index is -0.470. The summed E-state index contributed by atoms with van der Waals surface area (Å²) in [7, 11) is 0. The number of hydrogen-bond donors (Lipinski definition) is 4. The number of amidine groups is 1. The first-order valence-corrected chi connectivity index (χ1v) is 6.77. The zero-order valence-corrected chi connectivity index (χ0v) is 11.9.